The third-order valence-corrected chi connectivity index (χ3v) is 6.02. The fourth-order valence-electron chi connectivity index (χ4n) is 3.72. The molecule has 2 fully saturated rings. The van der Waals surface area contributed by atoms with Gasteiger partial charge in [-0.15, -0.1) is 11.3 Å². The topological polar surface area (TPSA) is 49.8 Å². The molecule has 1 N–H and O–H groups in total. The summed E-state index contributed by atoms with van der Waals surface area (Å²) in [6, 6.07) is 0. The second-order valence-corrected chi connectivity index (χ2v) is 8.64. The van der Waals surface area contributed by atoms with Crippen LogP contribution in [0.2, 0.25) is 0 Å². The Labute approximate surface area is 149 Å². The van der Waals surface area contributed by atoms with Crippen LogP contribution in [0.15, 0.2) is 4.99 Å². The van der Waals surface area contributed by atoms with E-state index < -0.39 is 0 Å². The van der Waals surface area contributed by atoms with Gasteiger partial charge in [-0.25, -0.2) is 9.98 Å². The van der Waals surface area contributed by atoms with Crippen molar-refractivity contribution in [3.8, 4) is 0 Å². The minimum Gasteiger partial charge on any atom is -0.381 e. The van der Waals surface area contributed by atoms with E-state index in [4.69, 9.17) is 14.7 Å². The molecule has 2 aliphatic rings. The normalized spacial score (nSPS) is 24.5. The lowest BCUT2D eigenvalue weighted by Crippen LogP contribution is -2.41. The highest BCUT2D eigenvalue weighted by molar-refractivity contribution is 7.11. The summed E-state index contributed by atoms with van der Waals surface area (Å²) in [5.41, 5.74) is 1.58. The fraction of sp³-hybridized carbons (Fsp3) is 0.778. The molecule has 1 atom stereocenters. The maximum Gasteiger partial charge on any atom is 0.194 e. The van der Waals surface area contributed by atoms with Gasteiger partial charge in [-0.05, 0) is 32.6 Å². The summed E-state index contributed by atoms with van der Waals surface area (Å²) in [6.07, 6.45) is 2.40. The van der Waals surface area contributed by atoms with Crippen LogP contribution in [0.4, 0.5) is 0 Å². The number of nitrogens with one attached hydrogen (secondary N) is 1. The van der Waals surface area contributed by atoms with Gasteiger partial charge in [0.05, 0.1) is 18.8 Å². The Bertz CT molecular complexity index is 590. The van der Waals surface area contributed by atoms with Gasteiger partial charge in [0, 0.05) is 36.5 Å². The number of thiazole rings is 1. The first-order valence-corrected chi connectivity index (χ1v) is 9.92. The number of likely N-dealkylation sites (tertiary alicyclic amines) is 1. The number of aryl methyl sites for hydroxylation is 1. The number of rotatable bonds is 4. The van der Waals surface area contributed by atoms with E-state index in [0.717, 1.165) is 43.8 Å². The van der Waals surface area contributed by atoms with E-state index in [1.807, 2.05) is 0 Å². The zero-order valence-corrected chi connectivity index (χ0v) is 16.2. The van der Waals surface area contributed by atoms with Gasteiger partial charge >= 0.3 is 0 Å². The summed E-state index contributed by atoms with van der Waals surface area (Å²) in [7, 11) is 0. The first kappa shape index (κ1) is 17.7. The largest absolute Gasteiger partial charge is 0.381 e. The number of hydrogen-bond donors (Lipinski definition) is 1. The van der Waals surface area contributed by atoms with E-state index in [-0.39, 0.29) is 0 Å². The van der Waals surface area contributed by atoms with Gasteiger partial charge in [-0.2, -0.15) is 0 Å². The highest BCUT2D eigenvalue weighted by atomic mass is 32.1. The molecule has 1 aromatic rings. The van der Waals surface area contributed by atoms with Crippen LogP contribution in [0.5, 0.6) is 0 Å². The standard InChI is InChI=1S/C18H30N4OS/c1-5-19-17(22-8-6-18(11-22)7-9-23-12-18)20-10-15-21-16(13(2)3)14(4)24-15/h13H,5-12H2,1-4H3,(H,19,20). The molecule has 1 aromatic heterocycles. The van der Waals surface area contributed by atoms with Crippen LogP contribution in [-0.2, 0) is 11.3 Å². The molecule has 3 heterocycles. The quantitative estimate of drug-likeness (QED) is 0.669. The van der Waals surface area contributed by atoms with Crippen LogP contribution < -0.4 is 5.32 Å². The van der Waals surface area contributed by atoms with Crippen molar-refractivity contribution in [2.45, 2.75) is 53.0 Å². The second kappa shape index (κ2) is 7.40. The van der Waals surface area contributed by atoms with Gasteiger partial charge in [0.1, 0.15) is 5.01 Å². The van der Waals surface area contributed by atoms with E-state index >= 15 is 0 Å². The summed E-state index contributed by atoms with van der Waals surface area (Å²) in [5, 5.41) is 4.57. The smallest absolute Gasteiger partial charge is 0.194 e. The summed E-state index contributed by atoms with van der Waals surface area (Å²) in [4.78, 5) is 13.4. The van der Waals surface area contributed by atoms with Crippen molar-refractivity contribution < 1.29 is 4.74 Å². The molecule has 1 unspecified atom stereocenters. The van der Waals surface area contributed by atoms with Crippen LogP contribution in [0.3, 0.4) is 0 Å². The first-order valence-electron chi connectivity index (χ1n) is 9.10. The molecule has 5 nitrogen and oxygen atoms in total. The van der Waals surface area contributed by atoms with Crippen LogP contribution in [0, 0.1) is 12.3 Å². The average molecular weight is 351 g/mol. The van der Waals surface area contributed by atoms with E-state index in [1.165, 1.54) is 23.4 Å². The van der Waals surface area contributed by atoms with E-state index in [0.29, 0.717) is 17.9 Å². The third kappa shape index (κ3) is 3.75. The summed E-state index contributed by atoms with van der Waals surface area (Å²) in [6.45, 7) is 14.2. The Kier molecular flexibility index (Phi) is 5.45. The number of guanidine groups is 1. The van der Waals surface area contributed by atoms with Gasteiger partial charge in [0.25, 0.3) is 0 Å². The molecule has 3 rings (SSSR count). The van der Waals surface area contributed by atoms with Crippen molar-refractivity contribution in [1.29, 1.82) is 0 Å². The molecule has 1 spiro atoms. The number of aromatic nitrogens is 1. The monoisotopic (exact) mass is 350 g/mol. The van der Waals surface area contributed by atoms with Crippen LogP contribution in [0.1, 0.15) is 55.1 Å². The Morgan fingerprint density at radius 1 is 1.46 bits per heavy atom. The van der Waals surface area contributed by atoms with E-state index in [9.17, 15) is 0 Å². The second-order valence-electron chi connectivity index (χ2n) is 7.35. The predicted molar refractivity (Wildman–Crippen MR) is 99.8 cm³/mol. The van der Waals surface area contributed by atoms with Crippen molar-refractivity contribution in [1.82, 2.24) is 15.2 Å². The lowest BCUT2D eigenvalue weighted by molar-refractivity contribution is 0.156. The number of aliphatic imine (C=N–C) groups is 1. The Morgan fingerprint density at radius 2 is 2.29 bits per heavy atom. The number of ether oxygens (including phenoxy) is 1. The lowest BCUT2D eigenvalue weighted by Gasteiger charge is -2.24. The Morgan fingerprint density at radius 3 is 2.92 bits per heavy atom. The first-order chi connectivity index (χ1) is 11.5. The fourth-order valence-corrected chi connectivity index (χ4v) is 4.74. The molecule has 0 saturated carbocycles. The number of nitrogens with zero attached hydrogens (tertiary/aromatic N) is 3. The lowest BCUT2D eigenvalue weighted by atomic mass is 9.87. The molecule has 2 saturated heterocycles. The molecular weight excluding hydrogens is 320 g/mol. The maximum absolute atomic E-state index is 5.64. The molecule has 0 aromatic carbocycles. The summed E-state index contributed by atoms with van der Waals surface area (Å²) >= 11 is 1.78. The average Bonchev–Trinajstić information content (AvgIpc) is 3.26. The number of hydrogen-bond acceptors (Lipinski definition) is 4. The SMILES string of the molecule is CCNC(=NCc1nc(C(C)C)c(C)s1)N1CCC2(CCOC2)C1. The molecule has 0 amide bonds. The van der Waals surface area contributed by atoms with Crippen molar-refractivity contribution in [2.75, 3.05) is 32.8 Å². The highest BCUT2D eigenvalue weighted by Gasteiger charge is 2.42. The molecule has 134 valence electrons. The highest BCUT2D eigenvalue weighted by Crippen LogP contribution is 2.38. The van der Waals surface area contributed by atoms with E-state index in [1.54, 1.807) is 11.3 Å². The molecule has 24 heavy (non-hydrogen) atoms. The molecule has 0 bridgehead atoms. The van der Waals surface area contributed by atoms with E-state index in [2.05, 4.69) is 37.9 Å². The van der Waals surface area contributed by atoms with Crippen LogP contribution in [-0.4, -0.2) is 48.7 Å². The molecule has 2 aliphatic heterocycles. The van der Waals surface area contributed by atoms with Crippen molar-refractivity contribution >= 4 is 17.3 Å². The third-order valence-electron chi connectivity index (χ3n) is 5.05. The molecular formula is C18H30N4OS. The van der Waals surface area contributed by atoms with Crippen molar-refractivity contribution in [3.63, 3.8) is 0 Å². The zero-order chi connectivity index (χ0) is 17.2. The Hall–Kier alpha value is -1.14. The van der Waals surface area contributed by atoms with Gasteiger partial charge in [0.2, 0.25) is 0 Å². The summed E-state index contributed by atoms with van der Waals surface area (Å²) < 4.78 is 5.64. The van der Waals surface area contributed by atoms with Crippen molar-refractivity contribution in [3.05, 3.63) is 15.6 Å². The van der Waals surface area contributed by atoms with Gasteiger partial charge in [-0.3, -0.25) is 0 Å². The van der Waals surface area contributed by atoms with Crippen LogP contribution in [0.25, 0.3) is 0 Å². The van der Waals surface area contributed by atoms with Gasteiger partial charge in [-0.1, -0.05) is 13.8 Å². The predicted octanol–water partition coefficient (Wildman–Crippen LogP) is 3.15. The zero-order valence-electron chi connectivity index (χ0n) is 15.4. The minimum atomic E-state index is 0.360. The Balaban J connectivity index is 1.69. The van der Waals surface area contributed by atoms with Gasteiger partial charge < -0.3 is 15.0 Å². The molecule has 6 heteroatoms. The van der Waals surface area contributed by atoms with Crippen molar-refractivity contribution in [2.24, 2.45) is 10.4 Å². The molecule has 0 radical (unpaired) electrons. The van der Waals surface area contributed by atoms with Gasteiger partial charge in [0.15, 0.2) is 5.96 Å². The molecule has 0 aliphatic carbocycles. The van der Waals surface area contributed by atoms with Crippen LogP contribution >= 0.6 is 11.3 Å². The minimum absolute atomic E-state index is 0.360. The summed E-state index contributed by atoms with van der Waals surface area (Å²) in [5.74, 6) is 1.51. The maximum atomic E-state index is 5.64.